The second kappa shape index (κ2) is 6.35. The maximum Gasteiger partial charge on any atom is 0.248 e. The zero-order valence-electron chi connectivity index (χ0n) is 9.64. The highest BCUT2D eigenvalue weighted by molar-refractivity contribution is 14.1. The van der Waals surface area contributed by atoms with Gasteiger partial charge in [-0.15, -0.1) is 0 Å². The molecule has 1 amide bonds. The zero-order chi connectivity index (χ0) is 12.8. The van der Waals surface area contributed by atoms with Crippen molar-refractivity contribution in [2.24, 2.45) is 0 Å². The van der Waals surface area contributed by atoms with E-state index in [1.54, 1.807) is 6.08 Å². The Morgan fingerprint density at radius 1 is 1.06 bits per heavy atom. The van der Waals surface area contributed by atoms with Gasteiger partial charge in [-0.05, 0) is 52.4 Å². The third-order valence-corrected chi connectivity index (χ3v) is 2.99. The molecule has 18 heavy (non-hydrogen) atoms. The lowest BCUT2D eigenvalue weighted by atomic mass is 10.2. The molecule has 0 spiro atoms. The Kier molecular flexibility index (Phi) is 4.52. The molecule has 90 valence electrons. The molecule has 1 N–H and O–H groups in total. The fourth-order valence-electron chi connectivity index (χ4n) is 1.49. The number of hydrogen-bond acceptors (Lipinski definition) is 1. The van der Waals surface area contributed by atoms with Crippen molar-refractivity contribution >= 4 is 40.3 Å². The first-order valence-electron chi connectivity index (χ1n) is 5.54. The second-order valence-electron chi connectivity index (χ2n) is 3.74. The highest BCUT2D eigenvalue weighted by Gasteiger charge is 1.97. The van der Waals surface area contributed by atoms with E-state index in [0.29, 0.717) is 0 Å². The average Bonchev–Trinajstić information content (AvgIpc) is 2.38. The molecule has 2 rings (SSSR count). The van der Waals surface area contributed by atoms with E-state index < -0.39 is 0 Å². The summed E-state index contributed by atoms with van der Waals surface area (Å²) < 4.78 is 1.09. The number of carbonyl (C=O) groups excluding carboxylic acids is 1. The Morgan fingerprint density at radius 3 is 2.56 bits per heavy atom. The Hall–Kier alpha value is -1.62. The van der Waals surface area contributed by atoms with Crippen LogP contribution in [-0.2, 0) is 4.79 Å². The number of benzene rings is 2. The number of anilines is 1. The van der Waals surface area contributed by atoms with E-state index >= 15 is 0 Å². The van der Waals surface area contributed by atoms with Crippen molar-refractivity contribution in [1.82, 2.24) is 0 Å². The van der Waals surface area contributed by atoms with Crippen LogP contribution >= 0.6 is 22.6 Å². The van der Waals surface area contributed by atoms with E-state index in [1.165, 1.54) is 6.08 Å². The van der Waals surface area contributed by atoms with E-state index in [4.69, 9.17) is 0 Å². The van der Waals surface area contributed by atoms with Gasteiger partial charge in [-0.1, -0.05) is 36.4 Å². The summed E-state index contributed by atoms with van der Waals surface area (Å²) in [4.78, 5) is 11.7. The predicted octanol–water partition coefficient (Wildman–Crippen LogP) is 3.94. The molecule has 0 aliphatic carbocycles. The van der Waals surface area contributed by atoms with Gasteiger partial charge < -0.3 is 5.32 Å². The van der Waals surface area contributed by atoms with E-state index in [2.05, 4.69) is 27.9 Å². The molecule has 2 nitrogen and oxygen atoms in total. The Bertz CT molecular complexity index is 564. The van der Waals surface area contributed by atoms with Gasteiger partial charge in [0.25, 0.3) is 0 Å². The van der Waals surface area contributed by atoms with Crippen molar-refractivity contribution in [3.8, 4) is 0 Å². The molecule has 0 atom stereocenters. The molecule has 0 radical (unpaired) electrons. The van der Waals surface area contributed by atoms with E-state index in [9.17, 15) is 4.79 Å². The summed E-state index contributed by atoms with van der Waals surface area (Å²) in [6, 6.07) is 17.4. The van der Waals surface area contributed by atoms with Crippen molar-refractivity contribution in [2.75, 3.05) is 5.32 Å². The fraction of sp³-hybridized carbons (Fsp3) is 0. The summed E-state index contributed by atoms with van der Waals surface area (Å²) in [5.41, 5.74) is 1.82. The van der Waals surface area contributed by atoms with Gasteiger partial charge in [0.15, 0.2) is 0 Å². The highest BCUT2D eigenvalue weighted by atomic mass is 127. The molecular weight excluding hydrogens is 337 g/mol. The molecule has 0 unspecified atom stereocenters. The minimum atomic E-state index is -0.124. The summed E-state index contributed by atoms with van der Waals surface area (Å²) >= 11 is 2.21. The number of carbonyl (C=O) groups is 1. The van der Waals surface area contributed by atoms with Crippen LogP contribution in [0, 0.1) is 3.57 Å². The SMILES string of the molecule is O=C(/C=C\c1ccccc1)Nc1cccc(I)c1. The van der Waals surface area contributed by atoms with Crippen molar-refractivity contribution in [2.45, 2.75) is 0 Å². The van der Waals surface area contributed by atoms with Crippen LogP contribution in [-0.4, -0.2) is 5.91 Å². The first-order chi connectivity index (χ1) is 8.74. The number of hydrogen-bond donors (Lipinski definition) is 1. The van der Waals surface area contributed by atoms with Crippen LogP contribution in [0.25, 0.3) is 6.08 Å². The molecule has 0 saturated carbocycles. The summed E-state index contributed by atoms with van der Waals surface area (Å²) in [6.07, 6.45) is 3.33. The zero-order valence-corrected chi connectivity index (χ0v) is 11.8. The van der Waals surface area contributed by atoms with Gasteiger partial charge in [0, 0.05) is 15.3 Å². The molecule has 2 aromatic rings. The molecule has 0 saturated heterocycles. The summed E-state index contributed by atoms with van der Waals surface area (Å²) in [5, 5.41) is 2.82. The van der Waals surface area contributed by atoms with Crippen molar-refractivity contribution in [3.05, 3.63) is 69.8 Å². The molecule has 0 fully saturated rings. The maximum atomic E-state index is 11.7. The minimum absolute atomic E-state index is 0.124. The van der Waals surface area contributed by atoms with Gasteiger partial charge >= 0.3 is 0 Å². The van der Waals surface area contributed by atoms with Crippen LogP contribution < -0.4 is 5.32 Å². The van der Waals surface area contributed by atoms with Crippen LogP contribution in [0.3, 0.4) is 0 Å². The average molecular weight is 349 g/mol. The van der Waals surface area contributed by atoms with Crippen LogP contribution in [0.4, 0.5) is 5.69 Å². The van der Waals surface area contributed by atoms with Gasteiger partial charge in [-0.25, -0.2) is 0 Å². The Morgan fingerprint density at radius 2 is 1.83 bits per heavy atom. The van der Waals surface area contributed by atoms with Crippen LogP contribution in [0.5, 0.6) is 0 Å². The molecule has 2 aromatic carbocycles. The standard InChI is InChI=1S/C15H12INO/c16-13-7-4-8-14(11-13)17-15(18)10-9-12-5-2-1-3-6-12/h1-11H,(H,17,18)/b10-9-. The number of rotatable bonds is 3. The van der Waals surface area contributed by atoms with Crippen molar-refractivity contribution < 1.29 is 4.79 Å². The lowest BCUT2D eigenvalue weighted by Gasteiger charge is -2.02. The lowest BCUT2D eigenvalue weighted by molar-refractivity contribution is -0.111. The van der Waals surface area contributed by atoms with Crippen LogP contribution in [0.1, 0.15) is 5.56 Å². The van der Waals surface area contributed by atoms with Crippen molar-refractivity contribution in [1.29, 1.82) is 0 Å². The molecule has 0 heterocycles. The van der Waals surface area contributed by atoms with Gasteiger partial charge in [-0.3, -0.25) is 4.79 Å². The molecule has 0 bridgehead atoms. The number of amides is 1. The third kappa shape index (κ3) is 4.00. The summed E-state index contributed by atoms with van der Waals surface area (Å²) in [6.45, 7) is 0. The Labute approximate surface area is 120 Å². The van der Waals surface area contributed by atoms with Crippen molar-refractivity contribution in [3.63, 3.8) is 0 Å². The topological polar surface area (TPSA) is 29.1 Å². The smallest absolute Gasteiger partial charge is 0.248 e. The molecule has 0 aliphatic rings. The summed E-state index contributed by atoms with van der Waals surface area (Å²) in [5.74, 6) is -0.124. The first kappa shape index (κ1) is 12.8. The minimum Gasteiger partial charge on any atom is -0.322 e. The largest absolute Gasteiger partial charge is 0.322 e. The monoisotopic (exact) mass is 349 g/mol. The normalized spacial score (nSPS) is 10.5. The van der Waals surface area contributed by atoms with Gasteiger partial charge in [-0.2, -0.15) is 0 Å². The Balaban J connectivity index is 1.99. The highest BCUT2D eigenvalue weighted by Crippen LogP contribution is 2.12. The van der Waals surface area contributed by atoms with Crippen LogP contribution in [0.2, 0.25) is 0 Å². The fourth-order valence-corrected chi connectivity index (χ4v) is 2.03. The maximum absolute atomic E-state index is 11.7. The van der Waals surface area contributed by atoms with Crippen LogP contribution in [0.15, 0.2) is 60.7 Å². The second-order valence-corrected chi connectivity index (χ2v) is 4.99. The molecule has 3 heteroatoms. The molecule has 0 aliphatic heterocycles. The summed E-state index contributed by atoms with van der Waals surface area (Å²) in [7, 11) is 0. The van der Waals surface area contributed by atoms with E-state index in [1.807, 2.05) is 54.6 Å². The quantitative estimate of drug-likeness (QED) is 0.660. The molecule has 0 aromatic heterocycles. The van der Waals surface area contributed by atoms with Gasteiger partial charge in [0.05, 0.1) is 0 Å². The third-order valence-electron chi connectivity index (χ3n) is 2.32. The van der Waals surface area contributed by atoms with Gasteiger partial charge in [0.2, 0.25) is 5.91 Å². The number of nitrogens with one attached hydrogen (secondary N) is 1. The lowest BCUT2D eigenvalue weighted by Crippen LogP contribution is -2.07. The molecular formula is C15H12INO. The first-order valence-corrected chi connectivity index (χ1v) is 6.61. The predicted molar refractivity (Wildman–Crippen MR) is 83.3 cm³/mol. The number of halogens is 1. The van der Waals surface area contributed by atoms with Gasteiger partial charge in [0.1, 0.15) is 0 Å². The van der Waals surface area contributed by atoms with E-state index in [-0.39, 0.29) is 5.91 Å². The van der Waals surface area contributed by atoms with E-state index in [0.717, 1.165) is 14.8 Å².